The Hall–Kier alpha value is -2.76. The molecule has 6 heteroatoms. The number of ether oxygens (including phenoxy) is 3. The van der Waals surface area contributed by atoms with Crippen LogP contribution in [0.25, 0.3) is 22.2 Å². The Morgan fingerprint density at radius 3 is 2.30 bits per heavy atom. The van der Waals surface area contributed by atoms with Gasteiger partial charge < -0.3 is 14.2 Å². The van der Waals surface area contributed by atoms with Crippen molar-refractivity contribution in [3.8, 4) is 28.5 Å². The molecule has 0 aliphatic rings. The maximum Gasteiger partial charge on any atom is 0.204 e. The lowest BCUT2D eigenvalue weighted by atomic mass is 10.0. The molecule has 3 aromatic rings. The van der Waals surface area contributed by atoms with E-state index in [0.717, 1.165) is 27.7 Å². The summed E-state index contributed by atoms with van der Waals surface area (Å²) in [6, 6.07) is 3.89. The van der Waals surface area contributed by atoms with Crippen LogP contribution in [0.4, 0.5) is 0 Å². The van der Waals surface area contributed by atoms with E-state index in [9.17, 15) is 0 Å². The lowest BCUT2D eigenvalue weighted by molar-refractivity contribution is 0.327. The Bertz CT molecular complexity index is 871. The van der Waals surface area contributed by atoms with Gasteiger partial charge in [-0.2, -0.15) is 5.10 Å². The molecule has 0 N–H and O–H groups in total. The van der Waals surface area contributed by atoms with E-state index in [1.165, 1.54) is 0 Å². The average molecular weight is 313 g/mol. The summed E-state index contributed by atoms with van der Waals surface area (Å²) in [6.45, 7) is 2.03. The summed E-state index contributed by atoms with van der Waals surface area (Å²) >= 11 is 0. The molecule has 0 unspecified atom stereocenters. The highest BCUT2D eigenvalue weighted by atomic mass is 16.5. The molecule has 0 radical (unpaired) electrons. The number of rotatable bonds is 4. The van der Waals surface area contributed by atoms with Crippen LogP contribution < -0.4 is 14.2 Å². The topological polar surface area (TPSA) is 58.4 Å². The summed E-state index contributed by atoms with van der Waals surface area (Å²) in [4.78, 5) is 4.74. The van der Waals surface area contributed by atoms with E-state index in [4.69, 9.17) is 19.2 Å². The first-order valence-electron chi connectivity index (χ1n) is 7.18. The van der Waals surface area contributed by atoms with E-state index in [1.54, 1.807) is 32.2 Å². The Morgan fingerprint density at radius 2 is 1.74 bits per heavy atom. The Morgan fingerprint density at radius 1 is 1.00 bits per heavy atom. The molecule has 0 spiro atoms. The monoisotopic (exact) mass is 313 g/mol. The molecular formula is C17H19N3O3. The van der Waals surface area contributed by atoms with Crippen LogP contribution in [-0.2, 0) is 7.05 Å². The summed E-state index contributed by atoms with van der Waals surface area (Å²) in [7, 11) is 6.69. The number of fused-ring (bicyclic) bond motifs is 1. The summed E-state index contributed by atoms with van der Waals surface area (Å²) in [5, 5.41) is 5.12. The summed E-state index contributed by atoms with van der Waals surface area (Å²) in [6.07, 6.45) is 3.73. The van der Waals surface area contributed by atoms with Crippen LogP contribution >= 0.6 is 0 Å². The van der Waals surface area contributed by atoms with Crippen molar-refractivity contribution in [3.05, 3.63) is 30.1 Å². The van der Waals surface area contributed by atoms with Crippen LogP contribution in [-0.4, -0.2) is 36.1 Å². The first-order chi connectivity index (χ1) is 11.1. The third kappa shape index (κ3) is 2.46. The fourth-order valence-electron chi connectivity index (χ4n) is 2.75. The molecule has 0 bridgehead atoms. The first-order valence-corrected chi connectivity index (χ1v) is 7.18. The molecule has 3 rings (SSSR count). The van der Waals surface area contributed by atoms with E-state index < -0.39 is 0 Å². The number of nitrogens with zero attached hydrogens (tertiary/aromatic N) is 3. The van der Waals surface area contributed by atoms with Crippen LogP contribution in [0.3, 0.4) is 0 Å². The van der Waals surface area contributed by atoms with Gasteiger partial charge in [0.05, 0.1) is 38.7 Å². The van der Waals surface area contributed by atoms with Gasteiger partial charge in [-0.3, -0.25) is 4.68 Å². The van der Waals surface area contributed by atoms with Gasteiger partial charge >= 0.3 is 0 Å². The Balaban J connectivity index is 2.32. The van der Waals surface area contributed by atoms with Crippen LogP contribution in [0.15, 0.2) is 24.5 Å². The minimum atomic E-state index is 0.571. The maximum absolute atomic E-state index is 5.56. The molecule has 0 fully saturated rings. The number of pyridine rings is 1. The lowest BCUT2D eigenvalue weighted by Gasteiger charge is -2.16. The molecule has 23 heavy (non-hydrogen) atoms. The van der Waals surface area contributed by atoms with Crippen molar-refractivity contribution in [1.82, 2.24) is 14.8 Å². The molecule has 2 aromatic heterocycles. The smallest absolute Gasteiger partial charge is 0.204 e. The van der Waals surface area contributed by atoms with Gasteiger partial charge in [-0.1, -0.05) is 0 Å². The minimum absolute atomic E-state index is 0.571. The van der Waals surface area contributed by atoms with E-state index >= 15 is 0 Å². The standard InChI is InChI=1S/C17H19N3O3/c1-10-6-12(11-8-18-20(2)9-11)19-13-7-14(21-3)16(22-4)17(23-5)15(10)13/h6-9H,1-5H3. The highest BCUT2D eigenvalue weighted by Gasteiger charge is 2.19. The number of aromatic nitrogens is 3. The maximum atomic E-state index is 5.56. The molecule has 1 aromatic carbocycles. The second-order valence-corrected chi connectivity index (χ2v) is 5.27. The predicted molar refractivity (Wildman–Crippen MR) is 88.3 cm³/mol. The minimum Gasteiger partial charge on any atom is -0.493 e. The zero-order chi connectivity index (χ0) is 16.6. The van der Waals surface area contributed by atoms with Crippen molar-refractivity contribution in [2.75, 3.05) is 21.3 Å². The quantitative estimate of drug-likeness (QED) is 0.741. The molecule has 0 aliphatic carbocycles. The van der Waals surface area contributed by atoms with Crippen LogP contribution in [0.2, 0.25) is 0 Å². The highest BCUT2D eigenvalue weighted by molar-refractivity contribution is 5.94. The van der Waals surface area contributed by atoms with Crippen molar-refractivity contribution in [1.29, 1.82) is 0 Å². The average Bonchev–Trinajstić information content (AvgIpc) is 2.99. The zero-order valence-electron chi connectivity index (χ0n) is 13.9. The van der Waals surface area contributed by atoms with Crippen molar-refractivity contribution in [2.45, 2.75) is 6.92 Å². The molecular weight excluding hydrogens is 294 g/mol. The molecule has 0 saturated carbocycles. The van der Waals surface area contributed by atoms with Crippen molar-refractivity contribution >= 4 is 10.9 Å². The molecule has 0 saturated heterocycles. The van der Waals surface area contributed by atoms with Gasteiger partial charge in [0.15, 0.2) is 11.5 Å². The Labute approximate surface area is 134 Å². The molecule has 2 heterocycles. The van der Waals surface area contributed by atoms with Gasteiger partial charge in [0.2, 0.25) is 5.75 Å². The van der Waals surface area contributed by atoms with Gasteiger partial charge in [-0.25, -0.2) is 4.98 Å². The fraction of sp³-hybridized carbons (Fsp3) is 0.294. The van der Waals surface area contributed by atoms with Crippen molar-refractivity contribution < 1.29 is 14.2 Å². The van der Waals surface area contributed by atoms with Gasteiger partial charge in [0.1, 0.15) is 0 Å². The second-order valence-electron chi connectivity index (χ2n) is 5.27. The molecule has 0 aliphatic heterocycles. The second kappa shape index (κ2) is 5.79. The van der Waals surface area contributed by atoms with Gasteiger partial charge in [0, 0.05) is 30.3 Å². The van der Waals surface area contributed by atoms with Gasteiger partial charge in [0.25, 0.3) is 0 Å². The first kappa shape index (κ1) is 15.1. The normalized spacial score (nSPS) is 10.8. The molecule has 0 atom stereocenters. The van der Waals surface area contributed by atoms with Gasteiger partial charge in [-0.15, -0.1) is 0 Å². The number of methoxy groups -OCH3 is 3. The third-order valence-corrected chi connectivity index (χ3v) is 3.80. The van der Waals surface area contributed by atoms with E-state index in [1.807, 2.05) is 32.3 Å². The van der Waals surface area contributed by atoms with Crippen molar-refractivity contribution in [2.24, 2.45) is 7.05 Å². The number of hydrogen-bond acceptors (Lipinski definition) is 5. The molecule has 0 amide bonds. The highest BCUT2D eigenvalue weighted by Crippen LogP contribution is 2.44. The Kier molecular flexibility index (Phi) is 3.82. The lowest BCUT2D eigenvalue weighted by Crippen LogP contribution is -1.98. The van der Waals surface area contributed by atoms with E-state index in [2.05, 4.69) is 5.10 Å². The zero-order valence-corrected chi connectivity index (χ0v) is 13.9. The largest absolute Gasteiger partial charge is 0.493 e. The van der Waals surface area contributed by atoms with Crippen LogP contribution in [0, 0.1) is 6.92 Å². The van der Waals surface area contributed by atoms with Crippen molar-refractivity contribution in [3.63, 3.8) is 0 Å². The number of hydrogen-bond donors (Lipinski definition) is 0. The molecule has 120 valence electrons. The summed E-state index contributed by atoms with van der Waals surface area (Å²) in [5.41, 5.74) is 3.66. The number of benzene rings is 1. The van der Waals surface area contributed by atoms with E-state index in [-0.39, 0.29) is 0 Å². The third-order valence-electron chi connectivity index (χ3n) is 3.80. The predicted octanol–water partition coefficient (Wildman–Crippen LogP) is 2.97. The van der Waals surface area contributed by atoms with Crippen LogP contribution in [0.5, 0.6) is 17.2 Å². The van der Waals surface area contributed by atoms with E-state index in [0.29, 0.717) is 17.2 Å². The summed E-state index contributed by atoms with van der Waals surface area (Å²) < 4.78 is 18.2. The van der Waals surface area contributed by atoms with Gasteiger partial charge in [-0.05, 0) is 18.6 Å². The SMILES string of the molecule is COc1cc2nc(-c3cnn(C)c3)cc(C)c2c(OC)c1OC. The summed E-state index contributed by atoms with van der Waals surface area (Å²) in [5.74, 6) is 1.79. The molecule has 6 nitrogen and oxygen atoms in total. The number of aryl methyl sites for hydroxylation is 2. The fourth-order valence-corrected chi connectivity index (χ4v) is 2.75. The van der Waals surface area contributed by atoms with Crippen LogP contribution in [0.1, 0.15) is 5.56 Å².